The van der Waals surface area contributed by atoms with Crippen molar-refractivity contribution in [2.24, 2.45) is 0 Å². The molecule has 0 atom stereocenters. The summed E-state index contributed by atoms with van der Waals surface area (Å²) in [5, 5.41) is 3.05. The van der Waals surface area contributed by atoms with Crippen molar-refractivity contribution in [1.82, 2.24) is 5.32 Å². The van der Waals surface area contributed by atoms with Crippen LogP contribution in [0.3, 0.4) is 0 Å². The molecular weight excluding hydrogens is 346 g/mol. The predicted octanol–water partition coefficient (Wildman–Crippen LogP) is 5.32. The van der Waals surface area contributed by atoms with E-state index in [1.807, 2.05) is 48.5 Å². The van der Waals surface area contributed by atoms with Crippen molar-refractivity contribution >= 4 is 5.91 Å². The molecule has 144 valence electrons. The molecule has 0 unspecified atom stereocenters. The van der Waals surface area contributed by atoms with E-state index < -0.39 is 0 Å². The Bertz CT molecular complexity index is 919. The van der Waals surface area contributed by atoms with Crippen molar-refractivity contribution in [3.8, 4) is 5.75 Å². The van der Waals surface area contributed by atoms with Gasteiger partial charge in [-0.3, -0.25) is 4.79 Å². The van der Waals surface area contributed by atoms with Gasteiger partial charge < -0.3 is 10.1 Å². The fourth-order valence-corrected chi connectivity index (χ4v) is 3.15. The molecule has 0 aliphatic heterocycles. The van der Waals surface area contributed by atoms with Crippen molar-refractivity contribution in [1.29, 1.82) is 0 Å². The molecule has 0 bridgehead atoms. The first-order valence-corrected chi connectivity index (χ1v) is 9.85. The van der Waals surface area contributed by atoms with Gasteiger partial charge in [0.25, 0.3) is 5.91 Å². The van der Waals surface area contributed by atoms with E-state index >= 15 is 0 Å². The van der Waals surface area contributed by atoms with E-state index in [9.17, 15) is 4.79 Å². The molecule has 0 heterocycles. The highest BCUT2D eigenvalue weighted by molar-refractivity contribution is 5.94. The number of benzene rings is 3. The molecule has 0 aromatic heterocycles. The van der Waals surface area contributed by atoms with Gasteiger partial charge in [-0.05, 0) is 53.3 Å². The smallest absolute Gasteiger partial charge is 0.251 e. The predicted molar refractivity (Wildman–Crippen MR) is 114 cm³/mol. The number of hydrogen-bond donors (Lipinski definition) is 1. The summed E-state index contributed by atoms with van der Waals surface area (Å²) in [6.45, 7) is 5.30. The van der Waals surface area contributed by atoms with E-state index in [2.05, 4.69) is 37.4 Å². The molecule has 0 fully saturated rings. The summed E-state index contributed by atoms with van der Waals surface area (Å²) in [7, 11) is 0. The zero-order valence-electron chi connectivity index (χ0n) is 16.6. The van der Waals surface area contributed by atoms with Crippen LogP contribution >= 0.6 is 0 Å². The van der Waals surface area contributed by atoms with E-state index in [0.717, 1.165) is 18.4 Å². The van der Waals surface area contributed by atoms with Gasteiger partial charge in [0.2, 0.25) is 0 Å². The maximum absolute atomic E-state index is 12.6. The SMILES string of the molecule is CCc1ccc(CC)c(CNC(=O)c2cccc(OCc3ccccc3)c2)c1. The Hall–Kier alpha value is -3.07. The second kappa shape index (κ2) is 9.75. The van der Waals surface area contributed by atoms with Gasteiger partial charge in [-0.2, -0.15) is 0 Å². The fourth-order valence-electron chi connectivity index (χ4n) is 3.15. The number of carbonyl (C=O) groups is 1. The summed E-state index contributed by atoms with van der Waals surface area (Å²) in [5.74, 6) is 0.604. The first-order chi connectivity index (χ1) is 13.7. The van der Waals surface area contributed by atoms with Crippen molar-refractivity contribution < 1.29 is 9.53 Å². The highest BCUT2D eigenvalue weighted by Gasteiger charge is 2.09. The van der Waals surface area contributed by atoms with Crippen LogP contribution in [0.15, 0.2) is 72.8 Å². The van der Waals surface area contributed by atoms with Gasteiger partial charge in [0.05, 0.1) is 0 Å². The van der Waals surface area contributed by atoms with Crippen LogP contribution in [-0.2, 0) is 26.0 Å². The minimum atomic E-state index is -0.0888. The van der Waals surface area contributed by atoms with Gasteiger partial charge in [0.1, 0.15) is 12.4 Å². The van der Waals surface area contributed by atoms with Gasteiger partial charge >= 0.3 is 0 Å². The van der Waals surface area contributed by atoms with E-state index in [1.54, 1.807) is 6.07 Å². The maximum atomic E-state index is 12.6. The Morgan fingerprint density at radius 1 is 0.821 bits per heavy atom. The molecule has 0 aliphatic rings. The van der Waals surface area contributed by atoms with Crippen LogP contribution in [0.4, 0.5) is 0 Å². The summed E-state index contributed by atoms with van der Waals surface area (Å²) in [4.78, 5) is 12.6. The Kier molecular flexibility index (Phi) is 6.85. The number of carbonyl (C=O) groups excluding carboxylic acids is 1. The fraction of sp³-hybridized carbons (Fsp3) is 0.240. The molecule has 3 heteroatoms. The highest BCUT2D eigenvalue weighted by Crippen LogP contribution is 2.17. The van der Waals surface area contributed by atoms with Gasteiger partial charge in [0, 0.05) is 12.1 Å². The van der Waals surface area contributed by atoms with Crippen LogP contribution in [0.5, 0.6) is 5.75 Å². The number of hydrogen-bond acceptors (Lipinski definition) is 2. The van der Waals surface area contributed by atoms with E-state index in [-0.39, 0.29) is 5.91 Å². The number of rotatable bonds is 8. The highest BCUT2D eigenvalue weighted by atomic mass is 16.5. The van der Waals surface area contributed by atoms with Crippen LogP contribution in [0, 0.1) is 0 Å². The molecule has 1 N–H and O–H groups in total. The van der Waals surface area contributed by atoms with Crippen LogP contribution in [0.2, 0.25) is 0 Å². The molecule has 3 aromatic carbocycles. The van der Waals surface area contributed by atoms with Crippen molar-refractivity contribution in [2.75, 3.05) is 0 Å². The molecule has 3 nitrogen and oxygen atoms in total. The van der Waals surface area contributed by atoms with Crippen LogP contribution in [0.25, 0.3) is 0 Å². The number of amides is 1. The average Bonchev–Trinajstić information content (AvgIpc) is 2.76. The van der Waals surface area contributed by atoms with Crippen LogP contribution in [-0.4, -0.2) is 5.91 Å². The number of aryl methyl sites for hydroxylation is 2. The molecule has 1 amide bonds. The molecular formula is C25H27NO2. The van der Waals surface area contributed by atoms with Crippen LogP contribution < -0.4 is 10.1 Å². The first kappa shape index (κ1) is 19.7. The van der Waals surface area contributed by atoms with Crippen molar-refractivity contribution in [3.05, 3.63) is 101 Å². The second-order valence-corrected chi connectivity index (χ2v) is 6.79. The first-order valence-electron chi connectivity index (χ1n) is 9.85. The lowest BCUT2D eigenvalue weighted by Gasteiger charge is -2.12. The third-order valence-corrected chi connectivity index (χ3v) is 4.84. The summed E-state index contributed by atoms with van der Waals surface area (Å²) in [5.41, 5.74) is 5.46. The van der Waals surface area contributed by atoms with Gasteiger partial charge in [-0.25, -0.2) is 0 Å². The standard InChI is InChI=1S/C25H27NO2/c1-3-19-13-14-21(4-2)23(15-19)17-26-25(27)22-11-8-12-24(16-22)28-18-20-9-6-5-7-10-20/h5-16H,3-4,17-18H2,1-2H3,(H,26,27). The van der Waals surface area contributed by atoms with Crippen molar-refractivity contribution in [2.45, 2.75) is 39.8 Å². The normalized spacial score (nSPS) is 10.5. The van der Waals surface area contributed by atoms with E-state index in [0.29, 0.717) is 24.5 Å². The van der Waals surface area contributed by atoms with Gasteiger partial charge in [0.15, 0.2) is 0 Å². The van der Waals surface area contributed by atoms with Crippen LogP contribution in [0.1, 0.15) is 46.5 Å². The maximum Gasteiger partial charge on any atom is 0.251 e. The molecule has 0 spiro atoms. The zero-order chi connectivity index (χ0) is 19.8. The third kappa shape index (κ3) is 5.23. The Labute approximate surface area is 167 Å². The minimum absolute atomic E-state index is 0.0888. The van der Waals surface area contributed by atoms with E-state index in [4.69, 9.17) is 4.74 Å². The van der Waals surface area contributed by atoms with Crippen molar-refractivity contribution in [3.63, 3.8) is 0 Å². The molecule has 0 saturated carbocycles. The summed E-state index contributed by atoms with van der Waals surface area (Å²) >= 11 is 0. The zero-order valence-corrected chi connectivity index (χ0v) is 16.6. The Morgan fingerprint density at radius 3 is 2.39 bits per heavy atom. The molecule has 28 heavy (non-hydrogen) atoms. The summed E-state index contributed by atoms with van der Waals surface area (Å²) in [6, 6.07) is 23.8. The molecule has 3 rings (SSSR count). The lowest BCUT2D eigenvalue weighted by molar-refractivity contribution is 0.0950. The third-order valence-electron chi connectivity index (χ3n) is 4.84. The minimum Gasteiger partial charge on any atom is -0.489 e. The lowest BCUT2D eigenvalue weighted by atomic mass is 10.0. The van der Waals surface area contributed by atoms with E-state index in [1.165, 1.54) is 16.7 Å². The molecule has 0 aliphatic carbocycles. The largest absolute Gasteiger partial charge is 0.489 e. The monoisotopic (exact) mass is 373 g/mol. The number of ether oxygens (including phenoxy) is 1. The average molecular weight is 373 g/mol. The molecule has 0 saturated heterocycles. The Balaban J connectivity index is 1.63. The summed E-state index contributed by atoms with van der Waals surface area (Å²) < 4.78 is 5.83. The topological polar surface area (TPSA) is 38.3 Å². The number of nitrogens with one attached hydrogen (secondary N) is 1. The Morgan fingerprint density at radius 2 is 1.64 bits per heavy atom. The molecule has 3 aromatic rings. The van der Waals surface area contributed by atoms with Gasteiger partial charge in [-0.15, -0.1) is 0 Å². The molecule has 0 radical (unpaired) electrons. The quantitative estimate of drug-likeness (QED) is 0.580. The van der Waals surface area contributed by atoms with Gasteiger partial charge in [-0.1, -0.05) is 68.4 Å². The lowest BCUT2D eigenvalue weighted by Crippen LogP contribution is -2.23. The second-order valence-electron chi connectivity index (χ2n) is 6.79. The summed E-state index contributed by atoms with van der Waals surface area (Å²) in [6.07, 6.45) is 1.95.